The number of urea groups is 1. The molecule has 0 bridgehead atoms. The lowest BCUT2D eigenvalue weighted by atomic mass is 10.1. The highest BCUT2D eigenvalue weighted by molar-refractivity contribution is 6.41. The molecular formula is C18H22N7O2+. The van der Waals surface area contributed by atoms with Crippen LogP contribution in [0.5, 0.6) is 0 Å². The summed E-state index contributed by atoms with van der Waals surface area (Å²) in [6.45, 7) is 4.20. The average molecular weight is 368 g/mol. The summed E-state index contributed by atoms with van der Waals surface area (Å²) in [4.78, 5) is 22.6. The van der Waals surface area contributed by atoms with E-state index in [1.54, 1.807) is 6.21 Å². The van der Waals surface area contributed by atoms with Gasteiger partial charge in [0.25, 0.3) is 0 Å². The van der Waals surface area contributed by atoms with Crippen LogP contribution < -0.4 is 20.6 Å². The number of amides is 2. The topological polar surface area (TPSA) is 115 Å². The molecule has 0 aliphatic carbocycles. The molecule has 4 N–H and O–H groups in total. The second kappa shape index (κ2) is 7.22. The van der Waals surface area contributed by atoms with Gasteiger partial charge in [-0.2, -0.15) is 0 Å². The molecule has 9 nitrogen and oxygen atoms in total. The van der Waals surface area contributed by atoms with E-state index < -0.39 is 0 Å². The van der Waals surface area contributed by atoms with Crippen LogP contribution in [0.3, 0.4) is 0 Å². The molecule has 0 radical (unpaired) electrons. The number of rotatable bonds is 2. The maximum absolute atomic E-state index is 11.7. The Kier molecular flexibility index (Phi) is 4.62. The molecule has 140 valence electrons. The molecule has 0 aromatic heterocycles. The summed E-state index contributed by atoms with van der Waals surface area (Å²) in [6, 6.07) is 5.58. The number of β-amino-alcohol motifs (C(OH)–C–C–N with tert-alkyl or cyclic N) is 1. The molecule has 3 aliphatic heterocycles. The fourth-order valence-corrected chi connectivity index (χ4v) is 3.20. The Morgan fingerprint density at radius 2 is 2.37 bits per heavy atom. The summed E-state index contributed by atoms with van der Waals surface area (Å²) in [7, 11) is 0. The fourth-order valence-electron chi connectivity index (χ4n) is 3.20. The minimum Gasteiger partial charge on any atom is -0.390 e. The summed E-state index contributed by atoms with van der Waals surface area (Å²) in [5.74, 6) is 1.20. The Morgan fingerprint density at radius 3 is 3.15 bits per heavy atom. The largest absolute Gasteiger partial charge is 0.483 e. The lowest BCUT2D eigenvalue weighted by Gasteiger charge is -2.18. The van der Waals surface area contributed by atoms with Crippen molar-refractivity contribution in [3.63, 3.8) is 0 Å². The molecule has 0 saturated carbocycles. The Hall–Kier alpha value is -3.16. The monoisotopic (exact) mass is 368 g/mol. The SMILES string of the molecule is CCNC(=O)NC1=Nc2cc(C3=[N+]=C(N4CCC(O)C4)N=C3)ccc2NC1. The van der Waals surface area contributed by atoms with E-state index in [0.717, 1.165) is 35.6 Å². The van der Waals surface area contributed by atoms with Gasteiger partial charge in [-0.25, -0.2) is 19.4 Å². The lowest BCUT2D eigenvalue weighted by molar-refractivity contribution is 0.188. The van der Waals surface area contributed by atoms with Gasteiger partial charge in [0.15, 0.2) is 6.21 Å². The van der Waals surface area contributed by atoms with E-state index in [0.29, 0.717) is 31.4 Å². The van der Waals surface area contributed by atoms with Crippen molar-refractivity contribution in [1.82, 2.24) is 20.2 Å². The highest BCUT2D eigenvalue weighted by Crippen LogP contribution is 2.29. The molecule has 0 spiro atoms. The molecule has 27 heavy (non-hydrogen) atoms. The van der Waals surface area contributed by atoms with Crippen LogP contribution in [0.25, 0.3) is 0 Å². The van der Waals surface area contributed by atoms with Gasteiger partial charge in [-0.1, -0.05) is 4.99 Å². The zero-order valence-electron chi connectivity index (χ0n) is 15.1. The number of hydrogen-bond donors (Lipinski definition) is 4. The third-order valence-corrected chi connectivity index (χ3v) is 4.56. The number of carbonyl (C=O) groups is 1. The van der Waals surface area contributed by atoms with Gasteiger partial charge in [0.05, 0.1) is 37.1 Å². The van der Waals surface area contributed by atoms with E-state index in [2.05, 4.69) is 30.6 Å². The molecule has 4 rings (SSSR count). The number of amidine groups is 1. The molecule has 1 unspecified atom stereocenters. The van der Waals surface area contributed by atoms with E-state index in [1.807, 2.05) is 30.0 Å². The van der Waals surface area contributed by atoms with Crippen molar-refractivity contribution in [2.75, 3.05) is 31.5 Å². The van der Waals surface area contributed by atoms with Crippen LogP contribution in [0, 0.1) is 0 Å². The number of aliphatic hydroxyl groups excluding tert-OH is 1. The number of fused-ring (bicyclic) bond motifs is 1. The van der Waals surface area contributed by atoms with Crippen LogP contribution in [0.2, 0.25) is 0 Å². The zero-order chi connectivity index (χ0) is 18.8. The Morgan fingerprint density at radius 1 is 1.48 bits per heavy atom. The Labute approximate surface area is 156 Å². The molecule has 1 fully saturated rings. The van der Waals surface area contributed by atoms with Gasteiger partial charge in [-0.05, 0) is 25.1 Å². The molecule has 9 heteroatoms. The minimum atomic E-state index is -0.313. The maximum Gasteiger partial charge on any atom is 0.483 e. The smallest absolute Gasteiger partial charge is 0.390 e. The third-order valence-electron chi connectivity index (χ3n) is 4.56. The summed E-state index contributed by atoms with van der Waals surface area (Å²) >= 11 is 0. The van der Waals surface area contributed by atoms with Crippen molar-refractivity contribution in [2.24, 2.45) is 9.98 Å². The van der Waals surface area contributed by atoms with Crippen molar-refractivity contribution in [3.8, 4) is 0 Å². The molecule has 3 heterocycles. The number of aliphatic imine (C=N–C) groups is 2. The molecule has 2 amide bonds. The van der Waals surface area contributed by atoms with E-state index in [-0.39, 0.29) is 12.1 Å². The number of likely N-dealkylation sites (tertiary alicyclic amines) is 1. The molecule has 3 aliphatic rings. The standard InChI is InChI=1S/C18H21N7O2/c1-2-19-18(27)24-16-9-20-13-4-3-11(7-14(13)22-16)15-8-21-17(23-15)25-6-5-12(26)10-25/h3-4,7-8,12,26H,2,5-6,9-10H2,1H3,(H2,19,21,22,23,24,27)/p+1. The first-order valence-corrected chi connectivity index (χ1v) is 9.06. The van der Waals surface area contributed by atoms with Crippen LogP contribution in [0.4, 0.5) is 16.2 Å². The highest BCUT2D eigenvalue weighted by Gasteiger charge is 2.32. The first-order chi connectivity index (χ1) is 13.1. The summed E-state index contributed by atoms with van der Waals surface area (Å²) in [5, 5.41) is 18.4. The minimum absolute atomic E-state index is 0.267. The second-order valence-corrected chi connectivity index (χ2v) is 6.57. The van der Waals surface area contributed by atoms with Crippen molar-refractivity contribution >= 4 is 41.1 Å². The van der Waals surface area contributed by atoms with Gasteiger partial charge in [0, 0.05) is 18.5 Å². The van der Waals surface area contributed by atoms with Crippen molar-refractivity contribution in [2.45, 2.75) is 19.4 Å². The number of carbonyl (C=O) groups excluding carboxylic acids is 1. The van der Waals surface area contributed by atoms with Gasteiger partial charge in [-0.3, -0.25) is 5.32 Å². The van der Waals surface area contributed by atoms with Crippen molar-refractivity contribution in [3.05, 3.63) is 23.8 Å². The number of nitrogens with zero attached hydrogens (tertiary/aromatic N) is 4. The first kappa shape index (κ1) is 17.3. The van der Waals surface area contributed by atoms with E-state index >= 15 is 0 Å². The highest BCUT2D eigenvalue weighted by atomic mass is 16.3. The Bertz CT molecular complexity index is 899. The van der Waals surface area contributed by atoms with Crippen LogP contribution in [-0.2, 0) is 0 Å². The maximum atomic E-state index is 11.7. The fraction of sp³-hybridized carbons (Fsp3) is 0.389. The molecular weight excluding hydrogens is 346 g/mol. The zero-order valence-corrected chi connectivity index (χ0v) is 15.1. The quantitative estimate of drug-likeness (QED) is 0.542. The predicted molar refractivity (Wildman–Crippen MR) is 106 cm³/mol. The number of nitrogens with one attached hydrogen (secondary N) is 3. The van der Waals surface area contributed by atoms with Crippen LogP contribution in [0.15, 0.2) is 28.2 Å². The van der Waals surface area contributed by atoms with E-state index in [1.165, 1.54) is 0 Å². The molecule has 1 aromatic rings. The van der Waals surface area contributed by atoms with Gasteiger partial charge in [0.1, 0.15) is 5.84 Å². The first-order valence-electron chi connectivity index (χ1n) is 9.06. The van der Waals surface area contributed by atoms with Crippen molar-refractivity contribution in [1.29, 1.82) is 0 Å². The van der Waals surface area contributed by atoms with E-state index in [9.17, 15) is 9.90 Å². The van der Waals surface area contributed by atoms with Crippen LogP contribution in [-0.4, -0.2) is 72.0 Å². The van der Waals surface area contributed by atoms with Gasteiger partial charge < -0.3 is 15.7 Å². The second-order valence-electron chi connectivity index (χ2n) is 6.57. The van der Waals surface area contributed by atoms with Crippen LogP contribution in [0.1, 0.15) is 18.9 Å². The van der Waals surface area contributed by atoms with Gasteiger partial charge in [-0.15, -0.1) is 0 Å². The summed E-state index contributed by atoms with van der Waals surface area (Å²) in [6.07, 6.45) is 2.16. The molecule has 1 aromatic carbocycles. The predicted octanol–water partition coefficient (Wildman–Crippen LogP) is -0.175. The molecule has 1 atom stereocenters. The number of aliphatic hydroxyl groups is 1. The van der Waals surface area contributed by atoms with Crippen molar-refractivity contribution < 1.29 is 9.90 Å². The summed E-state index contributed by atoms with van der Waals surface area (Å²) in [5.41, 5.74) is 3.31. The molecule has 1 saturated heterocycles. The number of guanidine groups is 1. The average Bonchev–Trinajstić information content (AvgIpc) is 3.30. The van der Waals surface area contributed by atoms with Gasteiger partial charge >= 0.3 is 12.0 Å². The van der Waals surface area contributed by atoms with E-state index in [4.69, 9.17) is 0 Å². The number of hydrogen-bond acceptors (Lipinski definition) is 6. The normalized spacial score (nSPS) is 20.4. The number of benzene rings is 1. The summed E-state index contributed by atoms with van der Waals surface area (Å²) < 4.78 is 4.59. The lowest BCUT2D eigenvalue weighted by Crippen LogP contribution is -2.42. The third kappa shape index (κ3) is 3.69. The Balaban J connectivity index is 1.57. The van der Waals surface area contributed by atoms with Crippen LogP contribution >= 0.6 is 0 Å². The number of anilines is 1. The van der Waals surface area contributed by atoms with Gasteiger partial charge in [0.2, 0.25) is 5.71 Å².